The van der Waals surface area contributed by atoms with E-state index in [0.717, 1.165) is 24.8 Å². The summed E-state index contributed by atoms with van der Waals surface area (Å²) >= 11 is 0. The van der Waals surface area contributed by atoms with Gasteiger partial charge in [-0.25, -0.2) is 0 Å². The van der Waals surface area contributed by atoms with Crippen molar-refractivity contribution in [2.75, 3.05) is 20.1 Å². The zero-order chi connectivity index (χ0) is 14.5. The van der Waals surface area contributed by atoms with Crippen LogP contribution >= 0.6 is 0 Å². The second-order valence-electron chi connectivity index (χ2n) is 5.76. The van der Waals surface area contributed by atoms with Crippen LogP contribution in [0.25, 0.3) is 0 Å². The average Bonchev–Trinajstić information content (AvgIpc) is 3.38. The fourth-order valence-electron chi connectivity index (χ4n) is 2.67. The number of hydrogen-bond donors (Lipinski definition) is 1. The number of aromatic nitrogens is 1. The smallest absolute Gasteiger partial charge is 0.0751 e. The van der Waals surface area contributed by atoms with Gasteiger partial charge in [0.15, 0.2) is 0 Å². The Labute approximate surface area is 127 Å². The van der Waals surface area contributed by atoms with Crippen LogP contribution in [0.1, 0.15) is 30.1 Å². The van der Waals surface area contributed by atoms with Gasteiger partial charge < -0.3 is 10.2 Å². The molecule has 3 nitrogen and oxygen atoms in total. The van der Waals surface area contributed by atoms with Crippen molar-refractivity contribution < 1.29 is 0 Å². The SMILES string of the molecule is CN(CCNC(c1ccccc1)c1ccccn1)C1CC1. The molecule has 1 fully saturated rings. The molecule has 1 unspecified atom stereocenters. The van der Waals surface area contributed by atoms with Gasteiger partial charge in [-0.05, 0) is 37.6 Å². The number of likely N-dealkylation sites (N-methyl/N-ethyl adjacent to an activating group) is 1. The van der Waals surface area contributed by atoms with Crippen LogP contribution in [0.15, 0.2) is 54.7 Å². The van der Waals surface area contributed by atoms with Gasteiger partial charge in [0, 0.05) is 25.3 Å². The zero-order valence-electron chi connectivity index (χ0n) is 12.6. The lowest BCUT2D eigenvalue weighted by Crippen LogP contribution is -2.33. The van der Waals surface area contributed by atoms with E-state index in [1.165, 1.54) is 18.4 Å². The molecular weight excluding hydrogens is 258 g/mol. The third-order valence-electron chi connectivity index (χ3n) is 4.10. The van der Waals surface area contributed by atoms with Gasteiger partial charge in [0.05, 0.1) is 11.7 Å². The molecule has 0 saturated heterocycles. The molecule has 2 aromatic rings. The molecule has 1 aliphatic rings. The molecule has 1 aromatic carbocycles. The van der Waals surface area contributed by atoms with Gasteiger partial charge >= 0.3 is 0 Å². The van der Waals surface area contributed by atoms with Crippen LogP contribution in [0.5, 0.6) is 0 Å². The van der Waals surface area contributed by atoms with Crippen molar-refractivity contribution in [1.82, 2.24) is 15.2 Å². The fraction of sp³-hybridized carbons (Fsp3) is 0.389. The minimum atomic E-state index is 0.167. The summed E-state index contributed by atoms with van der Waals surface area (Å²) in [5, 5.41) is 3.66. The van der Waals surface area contributed by atoms with Crippen LogP contribution in [0.4, 0.5) is 0 Å². The van der Waals surface area contributed by atoms with E-state index in [1.54, 1.807) is 0 Å². The van der Waals surface area contributed by atoms with Gasteiger partial charge in [0.1, 0.15) is 0 Å². The minimum absolute atomic E-state index is 0.167. The molecule has 0 amide bonds. The summed E-state index contributed by atoms with van der Waals surface area (Å²) in [6.07, 6.45) is 4.58. The molecule has 0 aliphatic heterocycles. The van der Waals surface area contributed by atoms with Gasteiger partial charge in [0.25, 0.3) is 0 Å². The molecule has 110 valence electrons. The van der Waals surface area contributed by atoms with Gasteiger partial charge in [0.2, 0.25) is 0 Å². The third kappa shape index (κ3) is 3.90. The van der Waals surface area contributed by atoms with Gasteiger partial charge in [-0.15, -0.1) is 0 Å². The average molecular weight is 281 g/mol. The molecule has 1 heterocycles. The summed E-state index contributed by atoms with van der Waals surface area (Å²) in [5.74, 6) is 0. The summed E-state index contributed by atoms with van der Waals surface area (Å²) in [4.78, 5) is 6.98. The molecule has 0 bridgehead atoms. The first-order chi connectivity index (χ1) is 10.3. The van der Waals surface area contributed by atoms with Crippen molar-refractivity contribution in [3.8, 4) is 0 Å². The zero-order valence-corrected chi connectivity index (χ0v) is 12.6. The lowest BCUT2D eigenvalue weighted by Gasteiger charge is -2.21. The molecule has 3 heteroatoms. The van der Waals surface area contributed by atoms with Crippen LogP contribution < -0.4 is 5.32 Å². The van der Waals surface area contributed by atoms with Crippen molar-refractivity contribution in [2.24, 2.45) is 0 Å². The Morgan fingerprint density at radius 2 is 1.90 bits per heavy atom. The topological polar surface area (TPSA) is 28.2 Å². The monoisotopic (exact) mass is 281 g/mol. The van der Waals surface area contributed by atoms with E-state index in [9.17, 15) is 0 Å². The van der Waals surface area contributed by atoms with Crippen molar-refractivity contribution in [1.29, 1.82) is 0 Å². The first kappa shape index (κ1) is 14.2. The standard InChI is InChI=1S/C18H23N3/c1-21(16-10-11-16)14-13-20-18(15-7-3-2-4-8-15)17-9-5-6-12-19-17/h2-9,12,16,18,20H,10-11,13-14H2,1H3. The van der Waals surface area contributed by atoms with Crippen LogP contribution in [-0.2, 0) is 0 Å². The Balaban J connectivity index is 1.67. The Morgan fingerprint density at radius 3 is 2.57 bits per heavy atom. The van der Waals surface area contributed by atoms with E-state index in [1.807, 2.05) is 12.3 Å². The number of hydrogen-bond acceptors (Lipinski definition) is 3. The lowest BCUT2D eigenvalue weighted by atomic mass is 10.0. The number of nitrogens with zero attached hydrogens (tertiary/aromatic N) is 2. The molecular formula is C18H23N3. The van der Waals surface area contributed by atoms with Crippen molar-refractivity contribution in [3.63, 3.8) is 0 Å². The predicted molar refractivity (Wildman–Crippen MR) is 86.2 cm³/mol. The number of benzene rings is 1. The van der Waals surface area contributed by atoms with E-state index >= 15 is 0 Å². The van der Waals surface area contributed by atoms with Crippen LogP contribution in [0.3, 0.4) is 0 Å². The first-order valence-electron chi connectivity index (χ1n) is 7.74. The van der Waals surface area contributed by atoms with E-state index in [2.05, 4.69) is 64.7 Å². The summed E-state index contributed by atoms with van der Waals surface area (Å²) in [7, 11) is 2.22. The maximum Gasteiger partial charge on any atom is 0.0751 e. The Morgan fingerprint density at radius 1 is 1.14 bits per heavy atom. The summed E-state index contributed by atoms with van der Waals surface area (Å²) in [5.41, 5.74) is 2.35. The molecule has 0 radical (unpaired) electrons. The second-order valence-corrected chi connectivity index (χ2v) is 5.76. The summed E-state index contributed by atoms with van der Waals surface area (Å²) < 4.78 is 0. The number of nitrogens with one attached hydrogen (secondary N) is 1. The van der Waals surface area contributed by atoms with Crippen LogP contribution in [0, 0.1) is 0 Å². The van der Waals surface area contributed by atoms with Crippen molar-refractivity contribution in [2.45, 2.75) is 24.9 Å². The van der Waals surface area contributed by atoms with Crippen molar-refractivity contribution in [3.05, 3.63) is 66.0 Å². The van der Waals surface area contributed by atoms with Crippen molar-refractivity contribution >= 4 is 0 Å². The molecule has 21 heavy (non-hydrogen) atoms. The van der Waals surface area contributed by atoms with Gasteiger partial charge in [-0.3, -0.25) is 4.98 Å². The van der Waals surface area contributed by atoms with Gasteiger partial charge in [-0.1, -0.05) is 36.4 Å². The minimum Gasteiger partial charge on any atom is -0.304 e. The van der Waals surface area contributed by atoms with E-state index < -0.39 is 0 Å². The molecule has 1 N–H and O–H groups in total. The largest absolute Gasteiger partial charge is 0.304 e. The molecule has 1 atom stereocenters. The van der Waals surface area contributed by atoms with E-state index in [0.29, 0.717) is 0 Å². The molecule has 1 aromatic heterocycles. The van der Waals surface area contributed by atoms with E-state index in [4.69, 9.17) is 0 Å². The normalized spacial score (nSPS) is 16.1. The molecule has 1 saturated carbocycles. The highest BCUT2D eigenvalue weighted by molar-refractivity contribution is 5.27. The fourth-order valence-corrected chi connectivity index (χ4v) is 2.67. The Hall–Kier alpha value is -1.71. The van der Waals surface area contributed by atoms with E-state index in [-0.39, 0.29) is 6.04 Å². The third-order valence-corrected chi connectivity index (χ3v) is 4.10. The highest BCUT2D eigenvalue weighted by atomic mass is 15.2. The quantitative estimate of drug-likeness (QED) is 0.846. The van der Waals surface area contributed by atoms with Crippen LogP contribution in [0.2, 0.25) is 0 Å². The molecule has 1 aliphatic carbocycles. The maximum absolute atomic E-state index is 4.52. The van der Waals surface area contributed by atoms with Crippen LogP contribution in [-0.4, -0.2) is 36.1 Å². The summed E-state index contributed by atoms with van der Waals surface area (Å²) in [6, 6.07) is 17.6. The second kappa shape index (κ2) is 6.83. The molecule has 0 spiro atoms. The first-order valence-corrected chi connectivity index (χ1v) is 7.74. The maximum atomic E-state index is 4.52. The van der Waals surface area contributed by atoms with Gasteiger partial charge in [-0.2, -0.15) is 0 Å². The predicted octanol–water partition coefficient (Wildman–Crippen LogP) is 2.85. The highest BCUT2D eigenvalue weighted by Crippen LogP contribution is 2.25. The molecule has 3 rings (SSSR count). The number of pyridine rings is 1. The highest BCUT2D eigenvalue weighted by Gasteiger charge is 2.25. The summed E-state index contributed by atoms with van der Waals surface area (Å²) in [6.45, 7) is 2.06. The Bertz CT molecular complexity index is 497. The number of rotatable bonds is 7. The Kier molecular flexibility index (Phi) is 4.63. The lowest BCUT2D eigenvalue weighted by molar-refractivity contribution is 0.318.